The molecule has 0 radical (unpaired) electrons. The molecule has 0 atom stereocenters. The van der Waals surface area contributed by atoms with Crippen molar-refractivity contribution in [3.05, 3.63) is 83.4 Å². The highest BCUT2D eigenvalue weighted by molar-refractivity contribution is 5.67. The van der Waals surface area contributed by atoms with Crippen LogP contribution in [0, 0.1) is 17.1 Å². The van der Waals surface area contributed by atoms with Gasteiger partial charge in [0.15, 0.2) is 0 Å². The highest BCUT2D eigenvalue weighted by atomic mass is 19.1. The molecular formula is C22H17FN2O3. The summed E-state index contributed by atoms with van der Waals surface area (Å²) in [4.78, 5) is 14.7. The van der Waals surface area contributed by atoms with Crippen LogP contribution in [-0.4, -0.2) is 16.1 Å². The molecule has 0 saturated carbocycles. The fraction of sp³-hybridized carbons (Fsp3) is 0.136. The van der Waals surface area contributed by atoms with Gasteiger partial charge in [0.05, 0.1) is 0 Å². The van der Waals surface area contributed by atoms with Crippen molar-refractivity contribution < 1.29 is 19.0 Å². The fourth-order valence-electron chi connectivity index (χ4n) is 2.75. The summed E-state index contributed by atoms with van der Waals surface area (Å²) in [6.07, 6.45) is 2.05. The molecule has 28 heavy (non-hydrogen) atoms. The number of carboxylic acid groups (broad SMARTS) is 1. The smallest absolute Gasteiger partial charge is 0.303 e. The van der Waals surface area contributed by atoms with Crippen LogP contribution >= 0.6 is 0 Å². The molecule has 0 bridgehead atoms. The van der Waals surface area contributed by atoms with Gasteiger partial charge in [-0.25, -0.2) is 9.37 Å². The van der Waals surface area contributed by atoms with E-state index >= 15 is 0 Å². The third-order valence-electron chi connectivity index (χ3n) is 4.24. The van der Waals surface area contributed by atoms with Crippen LogP contribution < -0.4 is 4.74 Å². The van der Waals surface area contributed by atoms with E-state index in [0.29, 0.717) is 34.6 Å². The van der Waals surface area contributed by atoms with Crippen molar-refractivity contribution in [2.75, 3.05) is 0 Å². The number of carboxylic acids is 1. The number of carbonyl (C=O) groups is 1. The molecule has 3 aromatic rings. The van der Waals surface area contributed by atoms with Crippen LogP contribution in [0.15, 0.2) is 60.8 Å². The van der Waals surface area contributed by atoms with Gasteiger partial charge in [0.1, 0.15) is 29.9 Å². The van der Waals surface area contributed by atoms with Crippen LogP contribution in [0.4, 0.5) is 4.39 Å². The predicted molar refractivity (Wildman–Crippen MR) is 101 cm³/mol. The molecule has 3 rings (SSSR count). The lowest BCUT2D eigenvalue weighted by Crippen LogP contribution is -2.02. The van der Waals surface area contributed by atoms with Gasteiger partial charge in [-0.15, -0.1) is 0 Å². The van der Waals surface area contributed by atoms with E-state index in [2.05, 4.69) is 4.98 Å². The van der Waals surface area contributed by atoms with Crippen molar-refractivity contribution >= 4 is 5.97 Å². The van der Waals surface area contributed by atoms with Crippen molar-refractivity contribution in [2.45, 2.75) is 19.4 Å². The third kappa shape index (κ3) is 4.71. The highest BCUT2D eigenvalue weighted by Gasteiger charge is 2.12. The molecule has 140 valence electrons. The van der Waals surface area contributed by atoms with E-state index in [4.69, 9.17) is 15.1 Å². The molecule has 1 heterocycles. The Morgan fingerprint density at radius 1 is 1.14 bits per heavy atom. The van der Waals surface area contributed by atoms with Gasteiger partial charge in [0, 0.05) is 23.7 Å². The second-order valence-corrected chi connectivity index (χ2v) is 6.14. The average Bonchev–Trinajstić information content (AvgIpc) is 2.72. The minimum absolute atomic E-state index is 0.0243. The van der Waals surface area contributed by atoms with E-state index in [9.17, 15) is 9.18 Å². The number of aromatic nitrogens is 1. The number of nitrogens with zero attached hydrogens (tertiary/aromatic N) is 2. The van der Waals surface area contributed by atoms with Crippen molar-refractivity contribution in [1.82, 2.24) is 4.98 Å². The lowest BCUT2D eigenvalue weighted by molar-refractivity contribution is -0.136. The van der Waals surface area contributed by atoms with E-state index in [-0.39, 0.29) is 18.8 Å². The number of halogens is 1. The van der Waals surface area contributed by atoms with Gasteiger partial charge < -0.3 is 9.84 Å². The summed E-state index contributed by atoms with van der Waals surface area (Å²) in [5.41, 5.74) is 2.92. The zero-order valence-electron chi connectivity index (χ0n) is 14.9. The molecule has 0 amide bonds. The predicted octanol–water partition coefficient (Wildman–Crippen LogP) is 4.36. The van der Waals surface area contributed by atoms with Crippen LogP contribution in [0.2, 0.25) is 0 Å². The van der Waals surface area contributed by atoms with Crippen LogP contribution in [0.3, 0.4) is 0 Å². The first-order chi connectivity index (χ1) is 13.6. The summed E-state index contributed by atoms with van der Waals surface area (Å²) in [5.74, 6) is -0.670. The van der Waals surface area contributed by atoms with Crippen LogP contribution in [0.5, 0.6) is 5.75 Å². The molecular weight excluding hydrogens is 359 g/mol. The molecule has 0 spiro atoms. The summed E-state index contributed by atoms with van der Waals surface area (Å²) in [5, 5.41) is 17.6. The molecule has 0 aliphatic heterocycles. The van der Waals surface area contributed by atoms with Crippen LogP contribution in [0.25, 0.3) is 11.1 Å². The molecule has 5 nitrogen and oxygen atoms in total. The Bertz CT molecular complexity index is 1010. The molecule has 6 heteroatoms. The van der Waals surface area contributed by atoms with Gasteiger partial charge in [-0.3, -0.25) is 4.79 Å². The highest BCUT2D eigenvalue weighted by Crippen LogP contribution is 2.27. The standard InChI is InChI=1S/C22H17FN2O3/c23-21-3-1-2-19(16-7-8-17(12-24)25-13-16)20(21)14-28-18-9-4-15(5-10-18)6-11-22(26)27/h1-5,7-10,13H,6,11,14H2,(H,26,27). The van der Waals surface area contributed by atoms with Crippen molar-refractivity contribution in [2.24, 2.45) is 0 Å². The first-order valence-electron chi connectivity index (χ1n) is 8.64. The maximum Gasteiger partial charge on any atom is 0.303 e. The Labute approximate surface area is 161 Å². The van der Waals surface area contributed by atoms with Gasteiger partial charge in [-0.1, -0.05) is 24.3 Å². The van der Waals surface area contributed by atoms with Gasteiger partial charge in [-0.2, -0.15) is 5.26 Å². The Morgan fingerprint density at radius 3 is 2.57 bits per heavy atom. The number of benzene rings is 2. The first-order valence-corrected chi connectivity index (χ1v) is 8.64. The molecule has 0 saturated heterocycles. The monoisotopic (exact) mass is 376 g/mol. The summed E-state index contributed by atoms with van der Waals surface area (Å²) in [6.45, 7) is 0.0243. The van der Waals surface area contributed by atoms with Gasteiger partial charge >= 0.3 is 5.97 Å². The zero-order valence-corrected chi connectivity index (χ0v) is 14.9. The quantitative estimate of drug-likeness (QED) is 0.663. The van der Waals surface area contributed by atoms with E-state index in [1.165, 1.54) is 12.3 Å². The molecule has 1 N–H and O–H groups in total. The molecule has 0 fully saturated rings. The fourth-order valence-corrected chi connectivity index (χ4v) is 2.75. The lowest BCUT2D eigenvalue weighted by atomic mass is 10.0. The summed E-state index contributed by atoms with van der Waals surface area (Å²) >= 11 is 0. The third-order valence-corrected chi connectivity index (χ3v) is 4.24. The van der Waals surface area contributed by atoms with Crippen molar-refractivity contribution in [3.63, 3.8) is 0 Å². The van der Waals surface area contributed by atoms with E-state index < -0.39 is 5.97 Å². The van der Waals surface area contributed by atoms with E-state index in [1.807, 2.05) is 6.07 Å². The second kappa shape index (κ2) is 8.78. The van der Waals surface area contributed by atoms with Gasteiger partial charge in [0.2, 0.25) is 0 Å². The summed E-state index contributed by atoms with van der Waals surface area (Å²) < 4.78 is 20.1. The summed E-state index contributed by atoms with van der Waals surface area (Å²) in [7, 11) is 0. The SMILES string of the molecule is N#Cc1ccc(-c2cccc(F)c2COc2ccc(CCC(=O)O)cc2)cn1. The topological polar surface area (TPSA) is 83.2 Å². The average molecular weight is 376 g/mol. The van der Waals surface area contributed by atoms with Crippen molar-refractivity contribution in [3.8, 4) is 22.9 Å². The number of nitriles is 1. The molecule has 2 aromatic carbocycles. The van der Waals surface area contributed by atoms with E-state index in [1.54, 1.807) is 48.5 Å². The number of rotatable bonds is 7. The molecule has 0 aliphatic carbocycles. The minimum Gasteiger partial charge on any atom is -0.489 e. The number of aliphatic carboxylic acids is 1. The molecule has 1 aromatic heterocycles. The van der Waals surface area contributed by atoms with Crippen molar-refractivity contribution in [1.29, 1.82) is 5.26 Å². The number of pyridine rings is 1. The maximum atomic E-state index is 14.4. The minimum atomic E-state index is -0.843. The molecule has 0 aliphatic rings. The van der Waals surface area contributed by atoms with E-state index in [0.717, 1.165) is 5.56 Å². The number of aryl methyl sites for hydroxylation is 1. The lowest BCUT2D eigenvalue weighted by Gasteiger charge is -2.13. The normalized spacial score (nSPS) is 10.3. The van der Waals surface area contributed by atoms with Crippen LogP contribution in [-0.2, 0) is 17.8 Å². The molecule has 0 unspecified atom stereocenters. The first kappa shape index (κ1) is 19.1. The Kier molecular flexibility index (Phi) is 5.97. The Morgan fingerprint density at radius 2 is 1.93 bits per heavy atom. The zero-order chi connectivity index (χ0) is 19.9. The number of hydrogen-bond acceptors (Lipinski definition) is 4. The number of hydrogen-bond donors (Lipinski definition) is 1. The maximum absolute atomic E-state index is 14.4. The van der Waals surface area contributed by atoms with Gasteiger partial charge in [-0.05, 0) is 47.9 Å². The number of ether oxygens (including phenoxy) is 1. The second-order valence-electron chi connectivity index (χ2n) is 6.14. The largest absolute Gasteiger partial charge is 0.489 e. The Hall–Kier alpha value is -3.72. The van der Waals surface area contributed by atoms with Gasteiger partial charge in [0.25, 0.3) is 0 Å². The summed E-state index contributed by atoms with van der Waals surface area (Å²) in [6, 6.07) is 17.1. The Balaban J connectivity index is 1.75. The van der Waals surface area contributed by atoms with Crippen LogP contribution in [0.1, 0.15) is 23.2 Å².